The fraction of sp³-hybridized carbons (Fsp3) is 0.364. The number of ether oxygens (including phenoxy) is 4. The van der Waals surface area contributed by atoms with Crippen molar-refractivity contribution >= 4 is 17.3 Å². The third-order valence-corrected chi connectivity index (χ3v) is 5.61. The van der Waals surface area contributed by atoms with Crippen molar-refractivity contribution in [3.8, 4) is 0 Å². The molecule has 0 aliphatic carbocycles. The van der Waals surface area contributed by atoms with Gasteiger partial charge in [-0.15, -0.1) is 0 Å². The predicted octanol–water partition coefficient (Wildman–Crippen LogP) is 2.38. The highest BCUT2D eigenvalue weighted by Crippen LogP contribution is 2.50. The van der Waals surface area contributed by atoms with E-state index in [0.717, 1.165) is 0 Å². The van der Waals surface area contributed by atoms with Gasteiger partial charge < -0.3 is 19.9 Å². The van der Waals surface area contributed by atoms with Gasteiger partial charge in [-0.3, -0.25) is 9.58 Å². The Kier molecular flexibility index (Phi) is 4.63. The van der Waals surface area contributed by atoms with E-state index in [1.165, 1.54) is 6.33 Å². The molecule has 0 spiro atoms. The number of nitrogen functional groups attached to an aromatic ring is 1. The normalized spacial score (nSPS) is 28.3. The maximum absolute atomic E-state index is 12.5. The maximum atomic E-state index is 12.5. The quantitative estimate of drug-likeness (QED) is 0.491. The van der Waals surface area contributed by atoms with Crippen molar-refractivity contribution in [3.05, 3.63) is 71.5 Å². The molecule has 10 nitrogen and oxygen atoms in total. The van der Waals surface area contributed by atoms with Crippen molar-refractivity contribution in [2.24, 2.45) is 0 Å². The molecule has 0 saturated carbocycles. The average Bonchev–Trinajstić information content (AvgIpc) is 3.44. The van der Waals surface area contributed by atoms with E-state index in [1.807, 2.05) is 0 Å². The highest BCUT2D eigenvalue weighted by atomic mass is 16.8. The fourth-order valence-corrected chi connectivity index (χ4v) is 4.20. The van der Waals surface area contributed by atoms with Crippen LogP contribution in [0.3, 0.4) is 0 Å². The van der Waals surface area contributed by atoms with E-state index in [1.54, 1.807) is 60.8 Å². The molecule has 1 aromatic carbocycles. The molecule has 4 atom stereocenters. The first kappa shape index (κ1) is 20.4. The van der Waals surface area contributed by atoms with Crippen LogP contribution in [-0.2, 0) is 18.9 Å². The van der Waals surface area contributed by atoms with Gasteiger partial charge in [0, 0.05) is 0 Å². The number of fused-ring (bicyclic) bond motifs is 2. The maximum Gasteiger partial charge on any atom is 0.400 e. The molecule has 10 heteroatoms. The lowest BCUT2D eigenvalue weighted by molar-refractivity contribution is -0.207. The first-order valence-corrected chi connectivity index (χ1v) is 10.1. The van der Waals surface area contributed by atoms with Gasteiger partial charge in [0.05, 0.1) is 11.3 Å². The number of hydrogen-bond donors (Lipinski definition) is 1. The summed E-state index contributed by atoms with van der Waals surface area (Å²) in [6.45, 7) is 11.1. The molecule has 2 N–H and O–H groups in total. The summed E-state index contributed by atoms with van der Waals surface area (Å²) in [7, 11) is 0. The number of benzene rings is 1. The minimum absolute atomic E-state index is 0.318. The zero-order valence-corrected chi connectivity index (χ0v) is 17.5. The van der Waals surface area contributed by atoms with Crippen molar-refractivity contribution in [2.75, 3.05) is 12.3 Å². The van der Waals surface area contributed by atoms with Gasteiger partial charge in [-0.25, -0.2) is 20.9 Å². The van der Waals surface area contributed by atoms with Gasteiger partial charge >= 0.3 is 11.7 Å². The largest absolute Gasteiger partial charge is 0.450 e. The lowest BCUT2D eigenvalue weighted by Crippen LogP contribution is -2.45. The summed E-state index contributed by atoms with van der Waals surface area (Å²) in [5.74, 6) is -1.18. The van der Waals surface area contributed by atoms with Gasteiger partial charge in [0.2, 0.25) is 0 Å². The summed E-state index contributed by atoms with van der Waals surface area (Å²) < 4.78 is 25.5. The molecule has 3 aromatic rings. The van der Waals surface area contributed by atoms with Crippen LogP contribution < -0.4 is 5.73 Å². The third-order valence-electron chi connectivity index (χ3n) is 5.61. The molecular formula is C22H21N5O5. The monoisotopic (exact) mass is 435 g/mol. The summed E-state index contributed by atoms with van der Waals surface area (Å²) in [6.07, 6.45) is -0.766. The molecule has 0 amide bonds. The van der Waals surface area contributed by atoms with Crippen LogP contribution in [0.15, 0.2) is 48.8 Å². The van der Waals surface area contributed by atoms with Gasteiger partial charge in [-0.2, -0.15) is 5.10 Å². The minimum atomic E-state index is -1.59. The van der Waals surface area contributed by atoms with Crippen LogP contribution in [-0.4, -0.2) is 50.9 Å². The van der Waals surface area contributed by atoms with E-state index in [-0.39, 0.29) is 6.61 Å². The van der Waals surface area contributed by atoms with Gasteiger partial charge in [0.1, 0.15) is 24.1 Å². The molecule has 0 radical (unpaired) electrons. The molecule has 0 unspecified atom stereocenters. The third kappa shape index (κ3) is 3.18. The molecule has 2 aliphatic heterocycles. The molecule has 32 heavy (non-hydrogen) atoms. The summed E-state index contributed by atoms with van der Waals surface area (Å²) in [6, 6.07) is 12.1. The first-order valence-electron chi connectivity index (χ1n) is 10.1. The SMILES string of the molecule is [C-]#[N+][C@]1(COC(=O)c2ccccc2)O[C@@H](c2ccc3c(N)ncnn23)[C@@H]2OC(C)(C)O[C@@H]21. The smallest absolute Gasteiger partial charge is 0.400 e. The number of hydrogen-bond acceptors (Lipinski definition) is 8. The van der Waals surface area contributed by atoms with E-state index < -0.39 is 35.8 Å². The number of aromatic nitrogens is 3. The molecule has 2 saturated heterocycles. The number of esters is 1. The molecule has 2 aliphatic rings. The average molecular weight is 435 g/mol. The Labute approximate surface area is 183 Å². The number of carbonyl (C=O) groups is 1. The molecule has 2 aromatic heterocycles. The summed E-state index contributed by atoms with van der Waals surface area (Å²) >= 11 is 0. The molecule has 5 rings (SSSR count). The van der Waals surface area contributed by atoms with Crippen molar-refractivity contribution in [3.63, 3.8) is 0 Å². The Bertz CT molecular complexity index is 1220. The second kappa shape index (κ2) is 7.27. The molecule has 4 heterocycles. The summed E-state index contributed by atoms with van der Waals surface area (Å²) in [4.78, 5) is 20.2. The van der Waals surface area contributed by atoms with Crippen LogP contribution in [0.25, 0.3) is 10.4 Å². The number of nitrogens with zero attached hydrogens (tertiary/aromatic N) is 4. The number of carbonyl (C=O) groups excluding carboxylic acids is 1. The van der Waals surface area contributed by atoms with Crippen molar-refractivity contribution in [1.82, 2.24) is 14.6 Å². The lowest BCUT2D eigenvalue weighted by Gasteiger charge is -2.25. The van der Waals surface area contributed by atoms with E-state index >= 15 is 0 Å². The minimum Gasteiger partial charge on any atom is -0.450 e. The Balaban J connectivity index is 1.49. The number of rotatable bonds is 4. The second-order valence-electron chi connectivity index (χ2n) is 8.16. The second-order valence-corrected chi connectivity index (χ2v) is 8.16. The Morgan fingerprint density at radius 3 is 2.75 bits per heavy atom. The number of anilines is 1. The topological polar surface area (TPSA) is 115 Å². The first-order chi connectivity index (χ1) is 15.3. The van der Waals surface area contributed by atoms with E-state index in [9.17, 15) is 4.79 Å². The Morgan fingerprint density at radius 2 is 2.00 bits per heavy atom. The van der Waals surface area contributed by atoms with Crippen LogP contribution in [0.1, 0.15) is 36.0 Å². The highest BCUT2D eigenvalue weighted by Gasteiger charge is 2.69. The number of nitrogens with two attached hydrogens (primary N) is 1. The summed E-state index contributed by atoms with van der Waals surface area (Å²) in [5, 5.41) is 4.27. The highest BCUT2D eigenvalue weighted by molar-refractivity contribution is 5.89. The van der Waals surface area contributed by atoms with Crippen molar-refractivity contribution in [1.29, 1.82) is 0 Å². The standard InChI is InChI=1S/C22H21N5O5/c1-21(2)30-17-16(14-9-10-15-19(23)25-12-26-27(14)15)31-22(24-3,18(17)32-21)11-29-20(28)13-7-5-4-6-8-13/h4-10,12,16-18H,11H2,1-2H3,(H2,23,25,26)/t16-,17-,18-,22+/m0/s1. The van der Waals surface area contributed by atoms with Crippen molar-refractivity contribution < 1.29 is 23.7 Å². The lowest BCUT2D eigenvalue weighted by atomic mass is 10.0. The van der Waals surface area contributed by atoms with Crippen LogP contribution in [0.4, 0.5) is 5.82 Å². The van der Waals surface area contributed by atoms with E-state index in [4.69, 9.17) is 31.3 Å². The van der Waals surface area contributed by atoms with E-state index in [0.29, 0.717) is 22.6 Å². The summed E-state index contributed by atoms with van der Waals surface area (Å²) in [5.41, 5.74) is 5.99. The van der Waals surface area contributed by atoms with Gasteiger partial charge in [-0.1, -0.05) is 18.2 Å². The van der Waals surface area contributed by atoms with Crippen LogP contribution in [0.5, 0.6) is 0 Å². The predicted molar refractivity (Wildman–Crippen MR) is 111 cm³/mol. The molecule has 0 bridgehead atoms. The molecule has 164 valence electrons. The van der Waals surface area contributed by atoms with Crippen LogP contribution >= 0.6 is 0 Å². The Morgan fingerprint density at radius 1 is 1.22 bits per heavy atom. The Hall–Kier alpha value is -3.52. The zero-order valence-electron chi connectivity index (χ0n) is 17.5. The van der Waals surface area contributed by atoms with Gasteiger partial charge in [0.25, 0.3) is 0 Å². The van der Waals surface area contributed by atoms with E-state index in [2.05, 4.69) is 14.9 Å². The molecular weight excluding hydrogens is 414 g/mol. The van der Waals surface area contributed by atoms with Crippen molar-refractivity contribution in [2.45, 2.75) is 43.7 Å². The zero-order chi connectivity index (χ0) is 22.5. The van der Waals surface area contributed by atoms with Gasteiger partial charge in [-0.05, 0) is 38.1 Å². The van der Waals surface area contributed by atoms with Crippen LogP contribution in [0.2, 0.25) is 0 Å². The fourth-order valence-electron chi connectivity index (χ4n) is 4.20. The molecule has 2 fully saturated rings. The van der Waals surface area contributed by atoms with Gasteiger partial charge in [0.15, 0.2) is 24.3 Å². The van der Waals surface area contributed by atoms with Crippen LogP contribution in [0, 0.1) is 6.57 Å².